The maximum absolute atomic E-state index is 11.9. The molecule has 0 bridgehead atoms. The molecule has 0 amide bonds. The molecule has 0 saturated carbocycles. The molecule has 2 N–H and O–H groups in total. The number of carbonyl (C=O) groups is 1. The lowest BCUT2D eigenvalue weighted by atomic mass is 10.2. The number of hydrogen-bond donors (Lipinski definition) is 1. The molecule has 0 atom stereocenters. The molecule has 98 valence electrons. The molecule has 0 aliphatic heterocycles. The normalized spacial score (nSPS) is 10.2. The van der Waals surface area contributed by atoms with Crippen LogP contribution < -0.4 is 10.5 Å². The Bertz CT molecular complexity index is 547. The fourth-order valence-corrected chi connectivity index (χ4v) is 1.62. The Labute approximate surface area is 112 Å². The summed E-state index contributed by atoms with van der Waals surface area (Å²) in [5.74, 6) is 0.0553. The Morgan fingerprint density at radius 3 is 2.37 bits per heavy atom. The molecule has 1 aromatic carbocycles. The van der Waals surface area contributed by atoms with Crippen molar-refractivity contribution in [3.8, 4) is 5.75 Å². The van der Waals surface area contributed by atoms with Gasteiger partial charge in [-0.15, -0.1) is 0 Å². The van der Waals surface area contributed by atoms with Gasteiger partial charge in [0.25, 0.3) is 0 Å². The molecule has 2 aromatic rings. The minimum Gasteiger partial charge on any atom is -0.422 e. The zero-order valence-electron chi connectivity index (χ0n) is 10.8. The maximum Gasteiger partial charge on any atom is 0.362 e. The van der Waals surface area contributed by atoms with Gasteiger partial charge in [0, 0.05) is 12.7 Å². The van der Waals surface area contributed by atoms with Crippen LogP contribution in [0.5, 0.6) is 5.75 Å². The molecule has 0 aliphatic rings. The lowest BCUT2D eigenvalue weighted by molar-refractivity contribution is 0.0728. The molecule has 1 heterocycles. The first-order valence-electron chi connectivity index (χ1n) is 6.19. The van der Waals surface area contributed by atoms with E-state index >= 15 is 0 Å². The zero-order valence-corrected chi connectivity index (χ0v) is 10.8. The van der Waals surface area contributed by atoms with Crippen molar-refractivity contribution in [2.24, 2.45) is 5.73 Å². The minimum atomic E-state index is -0.465. The third-order valence-electron chi connectivity index (χ3n) is 2.81. The summed E-state index contributed by atoms with van der Waals surface area (Å²) < 4.78 is 5.24. The fourth-order valence-electron chi connectivity index (χ4n) is 1.62. The van der Waals surface area contributed by atoms with Gasteiger partial charge in [-0.2, -0.15) is 0 Å². The highest BCUT2D eigenvalue weighted by Crippen LogP contribution is 2.14. The monoisotopic (exact) mass is 256 g/mol. The molecule has 0 fully saturated rings. The SMILES string of the molecule is CCc1ccc(OC(=O)c2ccc(CN)cn2)cc1. The Morgan fingerprint density at radius 2 is 1.84 bits per heavy atom. The lowest BCUT2D eigenvalue weighted by Crippen LogP contribution is -2.11. The van der Waals surface area contributed by atoms with Gasteiger partial charge < -0.3 is 10.5 Å². The number of aryl methyl sites for hydroxylation is 1. The minimum absolute atomic E-state index is 0.275. The highest BCUT2D eigenvalue weighted by atomic mass is 16.5. The zero-order chi connectivity index (χ0) is 13.7. The van der Waals surface area contributed by atoms with E-state index in [4.69, 9.17) is 10.5 Å². The van der Waals surface area contributed by atoms with Crippen LogP contribution in [0.25, 0.3) is 0 Å². The number of carbonyl (C=O) groups excluding carboxylic acids is 1. The van der Waals surface area contributed by atoms with Crippen LogP contribution in [0.15, 0.2) is 42.6 Å². The van der Waals surface area contributed by atoms with E-state index in [1.54, 1.807) is 30.5 Å². The molecule has 1 aromatic heterocycles. The van der Waals surface area contributed by atoms with Crippen LogP contribution in [0, 0.1) is 0 Å². The Hall–Kier alpha value is -2.20. The number of nitrogens with zero attached hydrogens (tertiary/aromatic N) is 1. The van der Waals surface area contributed by atoms with Crippen molar-refractivity contribution >= 4 is 5.97 Å². The van der Waals surface area contributed by atoms with E-state index in [2.05, 4.69) is 11.9 Å². The summed E-state index contributed by atoms with van der Waals surface area (Å²) in [6.07, 6.45) is 2.53. The van der Waals surface area contributed by atoms with Gasteiger partial charge in [-0.25, -0.2) is 9.78 Å². The second kappa shape index (κ2) is 6.11. The van der Waals surface area contributed by atoms with E-state index in [1.807, 2.05) is 12.1 Å². The number of hydrogen-bond acceptors (Lipinski definition) is 4. The van der Waals surface area contributed by atoms with Gasteiger partial charge in [-0.1, -0.05) is 25.1 Å². The van der Waals surface area contributed by atoms with Gasteiger partial charge in [0.1, 0.15) is 11.4 Å². The molecular formula is C15H16N2O2. The van der Waals surface area contributed by atoms with Crippen LogP contribution in [0.1, 0.15) is 28.5 Å². The first-order valence-corrected chi connectivity index (χ1v) is 6.19. The second-order valence-corrected chi connectivity index (χ2v) is 4.14. The summed E-state index contributed by atoms with van der Waals surface area (Å²) in [5.41, 5.74) is 7.82. The van der Waals surface area contributed by atoms with Crippen molar-refractivity contribution in [2.75, 3.05) is 0 Å². The maximum atomic E-state index is 11.9. The van der Waals surface area contributed by atoms with Crippen LogP contribution in [0.4, 0.5) is 0 Å². The molecule has 4 nitrogen and oxygen atoms in total. The summed E-state index contributed by atoms with van der Waals surface area (Å²) in [5, 5.41) is 0. The topological polar surface area (TPSA) is 65.2 Å². The lowest BCUT2D eigenvalue weighted by Gasteiger charge is -2.05. The first kappa shape index (κ1) is 13.2. The van der Waals surface area contributed by atoms with E-state index in [-0.39, 0.29) is 5.69 Å². The largest absolute Gasteiger partial charge is 0.422 e. The molecule has 0 unspecified atom stereocenters. The molecule has 0 radical (unpaired) electrons. The standard InChI is InChI=1S/C15H16N2O2/c1-2-11-3-6-13(7-4-11)19-15(18)14-8-5-12(9-16)10-17-14/h3-8,10H,2,9,16H2,1H3. The number of nitrogens with two attached hydrogens (primary N) is 1. The number of benzene rings is 1. The predicted octanol–water partition coefficient (Wildman–Crippen LogP) is 2.32. The quantitative estimate of drug-likeness (QED) is 0.673. The van der Waals surface area contributed by atoms with Crippen LogP contribution in [-0.4, -0.2) is 11.0 Å². The van der Waals surface area contributed by atoms with Gasteiger partial charge in [0.05, 0.1) is 0 Å². The first-order chi connectivity index (χ1) is 9.22. The van der Waals surface area contributed by atoms with Gasteiger partial charge in [-0.05, 0) is 35.7 Å². The van der Waals surface area contributed by atoms with E-state index in [9.17, 15) is 4.79 Å². The third kappa shape index (κ3) is 3.39. The van der Waals surface area contributed by atoms with Gasteiger partial charge in [0.15, 0.2) is 0 Å². The number of rotatable bonds is 4. The fraction of sp³-hybridized carbons (Fsp3) is 0.200. The smallest absolute Gasteiger partial charge is 0.362 e. The van der Waals surface area contributed by atoms with Crippen molar-refractivity contribution in [2.45, 2.75) is 19.9 Å². The average Bonchev–Trinajstić information content (AvgIpc) is 2.48. The number of pyridine rings is 1. The Balaban J connectivity index is 2.06. The predicted molar refractivity (Wildman–Crippen MR) is 72.9 cm³/mol. The van der Waals surface area contributed by atoms with E-state index in [1.165, 1.54) is 5.56 Å². The van der Waals surface area contributed by atoms with Crippen molar-refractivity contribution < 1.29 is 9.53 Å². The van der Waals surface area contributed by atoms with Gasteiger partial charge >= 0.3 is 5.97 Å². The summed E-state index contributed by atoms with van der Waals surface area (Å²) in [7, 11) is 0. The summed E-state index contributed by atoms with van der Waals surface area (Å²) in [4.78, 5) is 15.9. The van der Waals surface area contributed by atoms with E-state index < -0.39 is 5.97 Å². The Kier molecular flexibility index (Phi) is 4.26. The molecule has 19 heavy (non-hydrogen) atoms. The van der Waals surface area contributed by atoms with Crippen molar-refractivity contribution in [3.05, 3.63) is 59.4 Å². The summed E-state index contributed by atoms with van der Waals surface area (Å²) >= 11 is 0. The van der Waals surface area contributed by atoms with E-state index in [0.29, 0.717) is 12.3 Å². The molecule has 2 rings (SSSR count). The molecule has 4 heteroatoms. The van der Waals surface area contributed by atoms with Crippen LogP contribution in [0.2, 0.25) is 0 Å². The second-order valence-electron chi connectivity index (χ2n) is 4.14. The van der Waals surface area contributed by atoms with E-state index in [0.717, 1.165) is 12.0 Å². The highest BCUT2D eigenvalue weighted by Gasteiger charge is 2.09. The van der Waals surface area contributed by atoms with Gasteiger partial charge in [-0.3, -0.25) is 0 Å². The number of ether oxygens (including phenoxy) is 1. The van der Waals surface area contributed by atoms with Crippen molar-refractivity contribution in [1.29, 1.82) is 0 Å². The summed E-state index contributed by atoms with van der Waals surface area (Å²) in [6, 6.07) is 10.8. The van der Waals surface area contributed by atoms with Crippen molar-refractivity contribution in [3.63, 3.8) is 0 Å². The van der Waals surface area contributed by atoms with Crippen LogP contribution >= 0.6 is 0 Å². The summed E-state index contributed by atoms with van der Waals surface area (Å²) in [6.45, 7) is 2.48. The molecule has 0 saturated heterocycles. The van der Waals surface area contributed by atoms with Crippen LogP contribution in [0.3, 0.4) is 0 Å². The van der Waals surface area contributed by atoms with Crippen molar-refractivity contribution in [1.82, 2.24) is 4.98 Å². The van der Waals surface area contributed by atoms with Gasteiger partial charge in [0.2, 0.25) is 0 Å². The highest BCUT2D eigenvalue weighted by molar-refractivity contribution is 5.88. The molecule has 0 spiro atoms. The Morgan fingerprint density at radius 1 is 1.16 bits per heavy atom. The van der Waals surface area contributed by atoms with Crippen LogP contribution in [-0.2, 0) is 13.0 Å². The number of esters is 1. The molecule has 0 aliphatic carbocycles. The average molecular weight is 256 g/mol. The third-order valence-corrected chi connectivity index (χ3v) is 2.81. The number of aromatic nitrogens is 1. The molecular weight excluding hydrogens is 240 g/mol.